The molecule has 0 aliphatic heterocycles. The summed E-state index contributed by atoms with van der Waals surface area (Å²) in [7, 11) is 0. The Balaban J connectivity index is 2.34. The Morgan fingerprint density at radius 1 is 1.47 bits per heavy atom. The van der Waals surface area contributed by atoms with Crippen LogP contribution >= 0.6 is 11.6 Å². The minimum Gasteiger partial charge on any atom is -0.311 e. The molecule has 0 spiro atoms. The first-order valence-electron chi connectivity index (χ1n) is 6.67. The van der Waals surface area contributed by atoms with Gasteiger partial charge < -0.3 is 5.32 Å². The number of halogens is 1. The molecule has 0 aliphatic carbocycles. The normalized spacial score (nSPS) is 12.6. The monoisotopic (exact) mass is 277 g/mol. The molecule has 2 heterocycles. The number of nitrogens with one attached hydrogen (secondary N) is 1. The Morgan fingerprint density at radius 3 is 2.95 bits per heavy atom. The number of imidazole rings is 1. The minimum absolute atomic E-state index is 0.479. The number of pyridine rings is 1. The zero-order valence-corrected chi connectivity index (χ0v) is 12.4. The molecule has 2 rings (SSSR count). The van der Waals surface area contributed by atoms with Crippen LogP contribution in [0.4, 0.5) is 0 Å². The molecule has 2 aromatic heterocycles. The van der Waals surface area contributed by atoms with Crippen molar-refractivity contribution < 1.29 is 0 Å². The number of hydrogen-bond donors (Lipinski definition) is 1. The number of aromatic nitrogens is 2. The molecule has 3 nitrogen and oxygen atoms in total. The van der Waals surface area contributed by atoms with Crippen LogP contribution in [-0.4, -0.2) is 22.0 Å². The number of rotatable bonds is 5. The van der Waals surface area contributed by atoms with Gasteiger partial charge in [0.15, 0.2) is 5.15 Å². The maximum atomic E-state index is 6.23. The molecule has 0 atom stereocenters. The Morgan fingerprint density at radius 2 is 2.26 bits per heavy atom. The lowest BCUT2D eigenvalue weighted by molar-refractivity contribution is 0.617. The molecule has 0 saturated heterocycles. The van der Waals surface area contributed by atoms with Gasteiger partial charge in [0.05, 0.1) is 5.69 Å². The van der Waals surface area contributed by atoms with Crippen molar-refractivity contribution in [2.75, 3.05) is 6.54 Å². The molecule has 0 fully saturated rings. The van der Waals surface area contributed by atoms with Crippen LogP contribution in [0.3, 0.4) is 0 Å². The molecule has 0 aliphatic rings. The Kier molecular flexibility index (Phi) is 4.61. The second-order valence-corrected chi connectivity index (χ2v) is 5.27. The summed E-state index contributed by atoms with van der Waals surface area (Å²) in [4.78, 5) is 4.36. The van der Waals surface area contributed by atoms with Crippen molar-refractivity contribution in [3.8, 4) is 0 Å². The van der Waals surface area contributed by atoms with Crippen molar-refractivity contribution in [3.05, 3.63) is 40.8 Å². The fourth-order valence-electron chi connectivity index (χ4n) is 1.92. The second kappa shape index (κ2) is 6.22. The molecule has 1 N–H and O–H groups in total. The predicted octanol–water partition coefficient (Wildman–Crippen LogP) is 3.78. The predicted molar refractivity (Wildman–Crippen MR) is 81.6 cm³/mol. The zero-order chi connectivity index (χ0) is 13.8. The highest BCUT2D eigenvalue weighted by Crippen LogP contribution is 2.21. The molecule has 0 radical (unpaired) electrons. The molecule has 2 aromatic rings. The molecule has 0 amide bonds. The van der Waals surface area contributed by atoms with Crippen LogP contribution < -0.4 is 5.32 Å². The van der Waals surface area contributed by atoms with E-state index < -0.39 is 0 Å². The van der Waals surface area contributed by atoms with E-state index in [4.69, 9.17) is 11.6 Å². The summed E-state index contributed by atoms with van der Waals surface area (Å²) in [5, 5.41) is 3.99. The average Bonchev–Trinajstić information content (AvgIpc) is 2.70. The molecule has 0 bridgehead atoms. The highest BCUT2D eigenvalue weighted by atomic mass is 35.5. The third kappa shape index (κ3) is 3.37. The van der Waals surface area contributed by atoms with E-state index in [1.807, 2.05) is 28.8 Å². The van der Waals surface area contributed by atoms with Crippen LogP contribution in [0.1, 0.15) is 32.9 Å². The van der Waals surface area contributed by atoms with E-state index in [9.17, 15) is 0 Å². The second-order valence-electron chi connectivity index (χ2n) is 4.91. The van der Waals surface area contributed by atoms with E-state index >= 15 is 0 Å². The van der Waals surface area contributed by atoms with Crippen LogP contribution in [0.2, 0.25) is 5.15 Å². The van der Waals surface area contributed by atoms with Gasteiger partial charge >= 0.3 is 0 Å². The maximum absolute atomic E-state index is 6.23. The Labute approximate surface area is 119 Å². The van der Waals surface area contributed by atoms with Gasteiger partial charge in [0.25, 0.3) is 0 Å². The van der Waals surface area contributed by atoms with Crippen molar-refractivity contribution in [1.29, 1.82) is 0 Å². The number of nitrogens with zero attached hydrogens (tertiary/aromatic N) is 2. The van der Waals surface area contributed by atoms with E-state index in [1.165, 1.54) is 5.57 Å². The van der Waals surface area contributed by atoms with Crippen molar-refractivity contribution in [3.63, 3.8) is 0 Å². The van der Waals surface area contributed by atoms with Gasteiger partial charge in [-0.05, 0) is 24.6 Å². The molecule has 0 saturated carbocycles. The fourth-order valence-corrected chi connectivity index (χ4v) is 2.15. The van der Waals surface area contributed by atoms with Crippen LogP contribution in [0, 0.1) is 0 Å². The van der Waals surface area contributed by atoms with E-state index in [2.05, 4.69) is 37.1 Å². The molecular formula is C15H20ClN3. The van der Waals surface area contributed by atoms with Gasteiger partial charge in [-0.2, -0.15) is 0 Å². The smallest absolute Gasteiger partial charge is 0.155 e. The number of fused-ring (bicyclic) bond motifs is 1. The standard InChI is InChI=1S/C15H20ClN3/c1-4-12(10-17-11(2)3)9-13-15(16)18-14-7-5-6-8-19(13)14/h5-9,11,17H,4,10H2,1-3H3. The van der Waals surface area contributed by atoms with Crippen molar-refractivity contribution >= 4 is 23.3 Å². The zero-order valence-electron chi connectivity index (χ0n) is 11.7. The highest BCUT2D eigenvalue weighted by molar-refractivity contribution is 6.31. The minimum atomic E-state index is 0.479. The van der Waals surface area contributed by atoms with Gasteiger partial charge in [0, 0.05) is 18.8 Å². The quantitative estimate of drug-likeness (QED) is 0.901. The largest absolute Gasteiger partial charge is 0.311 e. The topological polar surface area (TPSA) is 29.3 Å². The average molecular weight is 278 g/mol. The lowest BCUT2D eigenvalue weighted by Crippen LogP contribution is -2.24. The molecule has 19 heavy (non-hydrogen) atoms. The van der Waals surface area contributed by atoms with E-state index in [0.29, 0.717) is 11.2 Å². The van der Waals surface area contributed by atoms with Gasteiger partial charge in [-0.15, -0.1) is 0 Å². The molecule has 4 heteroatoms. The summed E-state index contributed by atoms with van der Waals surface area (Å²) in [5.74, 6) is 0. The Bertz CT molecular complexity index is 584. The summed E-state index contributed by atoms with van der Waals surface area (Å²) in [6.45, 7) is 7.33. The summed E-state index contributed by atoms with van der Waals surface area (Å²) >= 11 is 6.23. The summed E-state index contributed by atoms with van der Waals surface area (Å²) in [6, 6.07) is 6.39. The van der Waals surface area contributed by atoms with E-state index in [1.54, 1.807) is 0 Å². The molecule has 102 valence electrons. The van der Waals surface area contributed by atoms with E-state index in [0.717, 1.165) is 24.3 Å². The first-order valence-corrected chi connectivity index (χ1v) is 7.05. The summed E-state index contributed by atoms with van der Waals surface area (Å²) in [5.41, 5.74) is 3.16. The van der Waals surface area contributed by atoms with Crippen molar-refractivity contribution in [1.82, 2.24) is 14.7 Å². The van der Waals surface area contributed by atoms with Gasteiger partial charge in [-0.25, -0.2) is 4.98 Å². The van der Waals surface area contributed by atoms with Gasteiger partial charge in [-0.1, -0.05) is 44.0 Å². The van der Waals surface area contributed by atoms with Crippen molar-refractivity contribution in [2.24, 2.45) is 0 Å². The van der Waals surface area contributed by atoms with Crippen LogP contribution in [-0.2, 0) is 0 Å². The van der Waals surface area contributed by atoms with Gasteiger partial charge in [0.1, 0.15) is 5.65 Å². The fraction of sp³-hybridized carbons (Fsp3) is 0.400. The first-order chi connectivity index (χ1) is 9.11. The first kappa shape index (κ1) is 14.1. The lowest BCUT2D eigenvalue weighted by Gasteiger charge is -2.10. The number of hydrogen-bond acceptors (Lipinski definition) is 2. The van der Waals surface area contributed by atoms with Crippen LogP contribution in [0.25, 0.3) is 11.7 Å². The molecular weight excluding hydrogens is 258 g/mol. The third-order valence-corrected chi connectivity index (χ3v) is 3.33. The van der Waals surface area contributed by atoms with Crippen LogP contribution in [0.5, 0.6) is 0 Å². The lowest BCUT2D eigenvalue weighted by atomic mass is 10.1. The van der Waals surface area contributed by atoms with Gasteiger partial charge in [-0.3, -0.25) is 4.40 Å². The Hall–Kier alpha value is -1.32. The SMILES string of the molecule is CCC(=Cc1c(Cl)nc2ccccn12)CNC(C)C. The van der Waals surface area contributed by atoms with E-state index in [-0.39, 0.29) is 0 Å². The van der Waals surface area contributed by atoms with Crippen molar-refractivity contribution in [2.45, 2.75) is 33.2 Å². The molecule has 0 unspecified atom stereocenters. The maximum Gasteiger partial charge on any atom is 0.155 e. The van der Waals surface area contributed by atoms with Gasteiger partial charge in [0.2, 0.25) is 0 Å². The third-order valence-electron chi connectivity index (χ3n) is 3.05. The highest BCUT2D eigenvalue weighted by Gasteiger charge is 2.08. The summed E-state index contributed by atoms with van der Waals surface area (Å²) in [6.07, 6.45) is 5.12. The molecule has 0 aromatic carbocycles. The van der Waals surface area contributed by atoms with Crippen LogP contribution in [0.15, 0.2) is 30.0 Å². The summed E-state index contributed by atoms with van der Waals surface area (Å²) < 4.78 is 2.02.